The monoisotopic (exact) mass is 367 g/mol. The normalized spacial score (nSPS) is 21.2. The summed E-state index contributed by atoms with van der Waals surface area (Å²) in [6.07, 6.45) is 5.27. The zero-order valence-electron chi connectivity index (χ0n) is 16.1. The van der Waals surface area contributed by atoms with Crippen LogP contribution in [0.4, 0.5) is 0 Å². The van der Waals surface area contributed by atoms with Crippen molar-refractivity contribution in [2.45, 2.75) is 45.4 Å². The standard InChI is InChI=1S/C22H29N3O2/c1-16-22(27)21(19(15-26)13-23-16)14-24-8-10-25(11-9-24)20-7-6-17-4-2-3-5-18(17)12-20/h2-5,13,20,26-27H,6-12,14-15H2,1H3. The topological polar surface area (TPSA) is 59.8 Å². The summed E-state index contributed by atoms with van der Waals surface area (Å²) in [4.78, 5) is 9.17. The first-order valence-corrected chi connectivity index (χ1v) is 9.96. The number of piperazine rings is 1. The molecule has 1 aromatic carbocycles. The van der Waals surface area contributed by atoms with Crippen molar-refractivity contribution in [1.29, 1.82) is 0 Å². The second-order valence-corrected chi connectivity index (χ2v) is 7.83. The number of pyridine rings is 1. The van der Waals surface area contributed by atoms with E-state index in [1.54, 1.807) is 13.1 Å². The second kappa shape index (κ2) is 7.97. The maximum absolute atomic E-state index is 10.4. The fraction of sp³-hybridized carbons (Fsp3) is 0.500. The summed E-state index contributed by atoms with van der Waals surface area (Å²) in [6.45, 7) is 6.49. The molecule has 0 radical (unpaired) electrons. The van der Waals surface area contributed by atoms with Crippen LogP contribution in [0.5, 0.6) is 5.75 Å². The number of aryl methyl sites for hydroxylation is 2. The van der Waals surface area contributed by atoms with Crippen molar-refractivity contribution < 1.29 is 10.2 Å². The van der Waals surface area contributed by atoms with E-state index in [1.807, 2.05) is 0 Å². The van der Waals surface area contributed by atoms with Gasteiger partial charge in [0.1, 0.15) is 5.75 Å². The summed E-state index contributed by atoms with van der Waals surface area (Å²) in [6, 6.07) is 9.50. The van der Waals surface area contributed by atoms with Crippen molar-refractivity contribution in [2.75, 3.05) is 26.2 Å². The molecule has 27 heavy (non-hydrogen) atoms. The molecule has 1 atom stereocenters. The van der Waals surface area contributed by atoms with Gasteiger partial charge in [-0.15, -0.1) is 0 Å². The Labute approximate surface area is 161 Å². The van der Waals surface area contributed by atoms with Gasteiger partial charge >= 0.3 is 0 Å². The Bertz CT molecular complexity index is 800. The highest BCUT2D eigenvalue weighted by Crippen LogP contribution is 2.28. The minimum Gasteiger partial charge on any atom is -0.506 e. The zero-order chi connectivity index (χ0) is 18.8. The van der Waals surface area contributed by atoms with Gasteiger partial charge in [0, 0.05) is 56.1 Å². The molecule has 5 nitrogen and oxygen atoms in total. The maximum atomic E-state index is 10.4. The lowest BCUT2D eigenvalue weighted by molar-refractivity contribution is 0.0847. The third-order valence-corrected chi connectivity index (χ3v) is 6.23. The van der Waals surface area contributed by atoms with Gasteiger partial charge in [0.05, 0.1) is 12.3 Å². The third kappa shape index (κ3) is 3.86. The first-order valence-electron chi connectivity index (χ1n) is 9.96. The minimum atomic E-state index is -0.0857. The summed E-state index contributed by atoms with van der Waals surface area (Å²) < 4.78 is 0. The lowest BCUT2D eigenvalue weighted by Gasteiger charge is -2.41. The number of benzene rings is 1. The molecule has 1 saturated heterocycles. The third-order valence-electron chi connectivity index (χ3n) is 6.23. The van der Waals surface area contributed by atoms with Gasteiger partial charge in [0.25, 0.3) is 0 Å². The number of hydrogen-bond donors (Lipinski definition) is 2. The Morgan fingerprint density at radius 1 is 1.11 bits per heavy atom. The van der Waals surface area contributed by atoms with Gasteiger partial charge in [-0.25, -0.2) is 0 Å². The molecule has 1 fully saturated rings. The predicted octanol–water partition coefficient (Wildman–Crippen LogP) is 2.26. The fourth-order valence-corrected chi connectivity index (χ4v) is 4.50. The van der Waals surface area contributed by atoms with Crippen LogP contribution in [-0.2, 0) is 26.0 Å². The van der Waals surface area contributed by atoms with Gasteiger partial charge in [-0.05, 0) is 37.3 Å². The van der Waals surface area contributed by atoms with Crippen LogP contribution in [0.25, 0.3) is 0 Å². The quantitative estimate of drug-likeness (QED) is 0.868. The first-order chi connectivity index (χ1) is 13.2. The van der Waals surface area contributed by atoms with E-state index in [2.05, 4.69) is 39.0 Å². The number of aromatic hydroxyl groups is 1. The molecule has 2 aliphatic rings. The molecule has 1 aliphatic heterocycles. The van der Waals surface area contributed by atoms with E-state index in [9.17, 15) is 10.2 Å². The molecular formula is C22H29N3O2. The van der Waals surface area contributed by atoms with Gasteiger partial charge in [0.15, 0.2) is 0 Å². The van der Waals surface area contributed by atoms with E-state index in [-0.39, 0.29) is 12.4 Å². The van der Waals surface area contributed by atoms with Crippen molar-refractivity contribution in [3.05, 3.63) is 58.4 Å². The molecule has 2 aromatic rings. The largest absolute Gasteiger partial charge is 0.506 e. The molecule has 0 saturated carbocycles. The molecule has 1 unspecified atom stereocenters. The van der Waals surface area contributed by atoms with E-state index in [1.165, 1.54) is 24.0 Å². The summed E-state index contributed by atoms with van der Waals surface area (Å²) in [7, 11) is 0. The zero-order valence-corrected chi connectivity index (χ0v) is 16.1. The summed E-state index contributed by atoms with van der Waals surface area (Å²) in [5, 5.41) is 20.0. The molecule has 1 aromatic heterocycles. The molecule has 1 aliphatic carbocycles. The molecule has 4 rings (SSSR count). The number of rotatable bonds is 4. The molecule has 0 amide bonds. The molecule has 2 heterocycles. The highest BCUT2D eigenvalue weighted by Gasteiger charge is 2.27. The van der Waals surface area contributed by atoms with E-state index >= 15 is 0 Å². The lowest BCUT2D eigenvalue weighted by atomic mass is 9.87. The molecule has 144 valence electrons. The van der Waals surface area contributed by atoms with E-state index in [4.69, 9.17) is 0 Å². The van der Waals surface area contributed by atoms with Crippen LogP contribution in [-0.4, -0.2) is 57.2 Å². The minimum absolute atomic E-state index is 0.0857. The van der Waals surface area contributed by atoms with E-state index in [0.29, 0.717) is 18.3 Å². The number of aromatic nitrogens is 1. The molecule has 0 spiro atoms. The number of aliphatic hydroxyl groups excluding tert-OH is 1. The maximum Gasteiger partial charge on any atom is 0.141 e. The van der Waals surface area contributed by atoms with Crippen LogP contribution in [0, 0.1) is 6.92 Å². The average molecular weight is 367 g/mol. The number of fused-ring (bicyclic) bond motifs is 1. The Morgan fingerprint density at radius 2 is 1.85 bits per heavy atom. The Kier molecular flexibility index (Phi) is 5.43. The van der Waals surface area contributed by atoms with Crippen LogP contribution in [0.2, 0.25) is 0 Å². The van der Waals surface area contributed by atoms with Gasteiger partial charge in [-0.2, -0.15) is 0 Å². The van der Waals surface area contributed by atoms with Crippen LogP contribution in [0.3, 0.4) is 0 Å². The summed E-state index contributed by atoms with van der Waals surface area (Å²) in [5.41, 5.74) is 5.21. The van der Waals surface area contributed by atoms with Crippen LogP contribution in [0.15, 0.2) is 30.5 Å². The van der Waals surface area contributed by atoms with Crippen LogP contribution < -0.4 is 0 Å². The number of nitrogens with zero attached hydrogens (tertiary/aromatic N) is 3. The highest BCUT2D eigenvalue weighted by atomic mass is 16.3. The van der Waals surface area contributed by atoms with Crippen molar-refractivity contribution in [3.63, 3.8) is 0 Å². The Morgan fingerprint density at radius 3 is 2.59 bits per heavy atom. The first kappa shape index (κ1) is 18.4. The van der Waals surface area contributed by atoms with Gasteiger partial charge in [-0.1, -0.05) is 24.3 Å². The smallest absolute Gasteiger partial charge is 0.141 e. The molecule has 0 bridgehead atoms. The van der Waals surface area contributed by atoms with Crippen molar-refractivity contribution in [3.8, 4) is 5.75 Å². The van der Waals surface area contributed by atoms with Crippen molar-refractivity contribution in [1.82, 2.24) is 14.8 Å². The molecule has 2 N–H and O–H groups in total. The number of aliphatic hydroxyl groups is 1. The second-order valence-electron chi connectivity index (χ2n) is 7.83. The van der Waals surface area contributed by atoms with Gasteiger partial charge < -0.3 is 10.2 Å². The lowest BCUT2D eigenvalue weighted by Crippen LogP contribution is -2.51. The van der Waals surface area contributed by atoms with Crippen LogP contribution >= 0.6 is 0 Å². The Balaban J connectivity index is 1.37. The van der Waals surface area contributed by atoms with Crippen molar-refractivity contribution >= 4 is 0 Å². The fourth-order valence-electron chi connectivity index (χ4n) is 4.50. The van der Waals surface area contributed by atoms with E-state index < -0.39 is 0 Å². The van der Waals surface area contributed by atoms with E-state index in [0.717, 1.165) is 43.7 Å². The SMILES string of the molecule is Cc1ncc(CO)c(CN2CCN(C3CCc4ccccc4C3)CC2)c1O. The van der Waals surface area contributed by atoms with Crippen LogP contribution in [0.1, 0.15) is 34.4 Å². The summed E-state index contributed by atoms with van der Waals surface area (Å²) in [5.74, 6) is 0.230. The average Bonchev–Trinajstić information content (AvgIpc) is 2.72. The predicted molar refractivity (Wildman–Crippen MR) is 106 cm³/mol. The van der Waals surface area contributed by atoms with Gasteiger partial charge in [-0.3, -0.25) is 14.8 Å². The van der Waals surface area contributed by atoms with Crippen molar-refractivity contribution in [2.24, 2.45) is 0 Å². The molecular weight excluding hydrogens is 338 g/mol. The van der Waals surface area contributed by atoms with Gasteiger partial charge in [0.2, 0.25) is 0 Å². The Hall–Kier alpha value is -1.95. The highest BCUT2D eigenvalue weighted by molar-refractivity contribution is 5.40. The molecule has 5 heteroatoms. The number of hydrogen-bond acceptors (Lipinski definition) is 5. The summed E-state index contributed by atoms with van der Waals surface area (Å²) >= 11 is 0.